The van der Waals surface area contributed by atoms with Gasteiger partial charge in [0.05, 0.1) is 11.2 Å². The zero-order valence-electron chi connectivity index (χ0n) is 9.79. The summed E-state index contributed by atoms with van der Waals surface area (Å²) in [4.78, 5) is 4.66. The van der Waals surface area contributed by atoms with Crippen molar-refractivity contribution in [1.29, 1.82) is 0 Å². The number of nitrogens with zero attached hydrogens (tertiary/aromatic N) is 2. The molecule has 0 radical (unpaired) electrons. The number of hydrogen-bond acceptors (Lipinski definition) is 2. The third-order valence-electron chi connectivity index (χ3n) is 2.57. The van der Waals surface area contributed by atoms with Gasteiger partial charge in [-0.2, -0.15) is 0 Å². The van der Waals surface area contributed by atoms with Crippen molar-refractivity contribution in [3.05, 3.63) is 34.9 Å². The molecule has 0 aliphatic heterocycles. The molecule has 0 saturated heterocycles. The lowest BCUT2D eigenvalue weighted by molar-refractivity contribution is 0.751. The van der Waals surface area contributed by atoms with E-state index in [0.29, 0.717) is 5.92 Å². The van der Waals surface area contributed by atoms with E-state index in [-0.39, 0.29) is 0 Å². The molecule has 0 aromatic carbocycles. The van der Waals surface area contributed by atoms with Crippen LogP contribution in [-0.2, 0) is 6.54 Å². The van der Waals surface area contributed by atoms with E-state index in [1.807, 2.05) is 25.4 Å². The van der Waals surface area contributed by atoms with Gasteiger partial charge < -0.3 is 9.72 Å². The highest BCUT2D eigenvalue weighted by Crippen LogP contribution is 2.22. The molecular weight excluding hydrogens is 222 g/mol. The molecule has 86 valence electrons. The molecule has 3 nitrogen and oxygen atoms in total. The largest absolute Gasteiger partial charge is 0.314 e. The SMILES string of the molecule is CNCc1nc(C(C)C)n2ccc(Cl)cc12. The number of rotatable bonds is 3. The van der Waals surface area contributed by atoms with Gasteiger partial charge in [-0.25, -0.2) is 4.98 Å². The van der Waals surface area contributed by atoms with Crippen LogP contribution in [0.1, 0.15) is 31.3 Å². The van der Waals surface area contributed by atoms with E-state index in [1.54, 1.807) is 0 Å². The molecule has 0 aliphatic rings. The second-order valence-corrected chi connectivity index (χ2v) is 4.64. The van der Waals surface area contributed by atoms with Gasteiger partial charge in [-0.05, 0) is 19.2 Å². The number of halogens is 1. The Bertz CT molecular complexity index is 502. The molecule has 0 amide bonds. The molecule has 2 aromatic heterocycles. The number of hydrogen-bond donors (Lipinski definition) is 1. The molecule has 0 unspecified atom stereocenters. The van der Waals surface area contributed by atoms with E-state index >= 15 is 0 Å². The molecule has 1 N–H and O–H groups in total. The highest BCUT2D eigenvalue weighted by Gasteiger charge is 2.12. The van der Waals surface area contributed by atoms with Gasteiger partial charge >= 0.3 is 0 Å². The number of imidazole rings is 1. The smallest absolute Gasteiger partial charge is 0.116 e. The Morgan fingerprint density at radius 3 is 2.88 bits per heavy atom. The molecule has 0 spiro atoms. The maximum absolute atomic E-state index is 6.02. The first-order valence-corrected chi connectivity index (χ1v) is 5.82. The van der Waals surface area contributed by atoms with Crippen LogP contribution in [0.15, 0.2) is 18.3 Å². The Balaban J connectivity index is 2.66. The van der Waals surface area contributed by atoms with E-state index in [9.17, 15) is 0 Å². The summed E-state index contributed by atoms with van der Waals surface area (Å²) in [5.41, 5.74) is 2.14. The molecule has 0 saturated carbocycles. The summed E-state index contributed by atoms with van der Waals surface area (Å²) in [6, 6.07) is 3.86. The highest BCUT2D eigenvalue weighted by molar-refractivity contribution is 6.30. The Labute approximate surface area is 100 Å². The summed E-state index contributed by atoms with van der Waals surface area (Å²) in [6.07, 6.45) is 1.99. The van der Waals surface area contributed by atoms with Crippen molar-refractivity contribution in [2.24, 2.45) is 0 Å². The summed E-state index contributed by atoms with van der Waals surface area (Å²) >= 11 is 6.02. The standard InChI is InChI=1S/C12H16ClN3/c1-8(2)12-15-10(7-14-3)11-6-9(13)4-5-16(11)12/h4-6,8,14H,7H2,1-3H3. The number of aromatic nitrogens is 2. The molecule has 0 aliphatic carbocycles. The van der Waals surface area contributed by atoms with Crippen LogP contribution >= 0.6 is 11.6 Å². The molecular formula is C12H16ClN3. The van der Waals surface area contributed by atoms with Gasteiger partial charge in [-0.15, -0.1) is 0 Å². The van der Waals surface area contributed by atoms with Crippen molar-refractivity contribution in [1.82, 2.24) is 14.7 Å². The predicted octanol–water partition coefficient (Wildman–Crippen LogP) is 2.83. The minimum atomic E-state index is 0.402. The predicted molar refractivity (Wildman–Crippen MR) is 67.1 cm³/mol. The maximum atomic E-state index is 6.02. The van der Waals surface area contributed by atoms with Crippen molar-refractivity contribution < 1.29 is 0 Å². The Hall–Kier alpha value is -1.06. The van der Waals surface area contributed by atoms with Crippen LogP contribution < -0.4 is 5.32 Å². The molecule has 16 heavy (non-hydrogen) atoms. The van der Waals surface area contributed by atoms with Gasteiger partial charge in [0, 0.05) is 23.7 Å². The van der Waals surface area contributed by atoms with Gasteiger partial charge in [-0.3, -0.25) is 0 Å². The lowest BCUT2D eigenvalue weighted by Crippen LogP contribution is -2.05. The fourth-order valence-corrected chi connectivity index (χ4v) is 2.01. The number of pyridine rings is 1. The summed E-state index contributed by atoms with van der Waals surface area (Å²) in [7, 11) is 1.92. The topological polar surface area (TPSA) is 29.3 Å². The summed E-state index contributed by atoms with van der Waals surface area (Å²) in [5, 5.41) is 3.88. The van der Waals surface area contributed by atoms with Crippen LogP contribution in [0.4, 0.5) is 0 Å². The monoisotopic (exact) mass is 237 g/mol. The minimum Gasteiger partial charge on any atom is -0.314 e. The van der Waals surface area contributed by atoms with Gasteiger partial charge in [0.2, 0.25) is 0 Å². The zero-order chi connectivity index (χ0) is 11.7. The second kappa shape index (κ2) is 4.44. The molecule has 2 aromatic rings. The summed E-state index contributed by atoms with van der Waals surface area (Å²) in [6.45, 7) is 5.05. The minimum absolute atomic E-state index is 0.402. The van der Waals surface area contributed by atoms with Gasteiger partial charge in [-0.1, -0.05) is 25.4 Å². The Kier molecular flexibility index (Phi) is 3.17. The van der Waals surface area contributed by atoms with Gasteiger partial charge in [0.1, 0.15) is 5.82 Å². The summed E-state index contributed by atoms with van der Waals surface area (Å²) in [5.74, 6) is 1.48. The van der Waals surface area contributed by atoms with Crippen LogP contribution in [-0.4, -0.2) is 16.4 Å². The van der Waals surface area contributed by atoms with E-state index in [2.05, 4.69) is 28.5 Å². The Morgan fingerprint density at radius 2 is 2.25 bits per heavy atom. The third-order valence-corrected chi connectivity index (χ3v) is 2.80. The molecule has 4 heteroatoms. The van der Waals surface area contributed by atoms with Gasteiger partial charge in [0.15, 0.2) is 0 Å². The number of nitrogens with one attached hydrogen (secondary N) is 1. The lowest BCUT2D eigenvalue weighted by Gasteiger charge is -2.03. The molecule has 0 atom stereocenters. The molecule has 0 bridgehead atoms. The maximum Gasteiger partial charge on any atom is 0.116 e. The van der Waals surface area contributed by atoms with E-state index < -0.39 is 0 Å². The van der Waals surface area contributed by atoms with Crippen LogP contribution in [0.3, 0.4) is 0 Å². The fourth-order valence-electron chi connectivity index (χ4n) is 1.85. The quantitative estimate of drug-likeness (QED) is 0.890. The van der Waals surface area contributed by atoms with Crippen LogP contribution in [0.5, 0.6) is 0 Å². The molecule has 2 heterocycles. The van der Waals surface area contributed by atoms with Crippen LogP contribution in [0, 0.1) is 0 Å². The van der Waals surface area contributed by atoms with E-state index in [1.165, 1.54) is 0 Å². The highest BCUT2D eigenvalue weighted by atomic mass is 35.5. The van der Waals surface area contributed by atoms with Crippen molar-refractivity contribution >= 4 is 17.1 Å². The third kappa shape index (κ3) is 1.93. The molecule has 0 fully saturated rings. The number of fused-ring (bicyclic) bond motifs is 1. The first-order valence-electron chi connectivity index (χ1n) is 5.44. The van der Waals surface area contributed by atoms with Crippen LogP contribution in [0.2, 0.25) is 5.02 Å². The van der Waals surface area contributed by atoms with E-state index in [4.69, 9.17) is 11.6 Å². The van der Waals surface area contributed by atoms with Crippen molar-refractivity contribution in [3.8, 4) is 0 Å². The van der Waals surface area contributed by atoms with Crippen molar-refractivity contribution in [2.45, 2.75) is 26.3 Å². The van der Waals surface area contributed by atoms with Crippen LogP contribution in [0.25, 0.3) is 5.52 Å². The Morgan fingerprint density at radius 1 is 1.50 bits per heavy atom. The average Bonchev–Trinajstić information content (AvgIpc) is 2.58. The first kappa shape index (κ1) is 11.4. The lowest BCUT2D eigenvalue weighted by atomic mass is 10.2. The summed E-state index contributed by atoms with van der Waals surface area (Å²) < 4.78 is 2.11. The second-order valence-electron chi connectivity index (χ2n) is 4.20. The average molecular weight is 238 g/mol. The van der Waals surface area contributed by atoms with Crippen molar-refractivity contribution in [3.63, 3.8) is 0 Å². The van der Waals surface area contributed by atoms with E-state index in [0.717, 1.165) is 28.6 Å². The molecule has 2 rings (SSSR count). The first-order chi connectivity index (χ1) is 7.63. The van der Waals surface area contributed by atoms with Gasteiger partial charge in [0.25, 0.3) is 0 Å². The fraction of sp³-hybridized carbons (Fsp3) is 0.417. The normalized spacial score (nSPS) is 11.6. The zero-order valence-corrected chi connectivity index (χ0v) is 10.5. The van der Waals surface area contributed by atoms with Crippen molar-refractivity contribution in [2.75, 3.05) is 7.05 Å².